The van der Waals surface area contributed by atoms with E-state index in [-0.39, 0.29) is 0 Å². The molecule has 0 N–H and O–H groups in total. The second kappa shape index (κ2) is 12.0. The average Bonchev–Trinajstić information content (AvgIpc) is 3.59. The van der Waals surface area contributed by atoms with E-state index in [1.54, 1.807) is 0 Å². The molecule has 258 valence electrons. The molecule has 0 fully saturated rings. The van der Waals surface area contributed by atoms with Crippen LogP contribution in [0.5, 0.6) is 0 Å². The molecule has 1 aliphatic rings. The van der Waals surface area contributed by atoms with Crippen LogP contribution in [-0.2, 0) is 0 Å². The molecular formula is C54H32N2. The molecule has 56 heavy (non-hydrogen) atoms. The predicted octanol–water partition coefficient (Wildman–Crippen LogP) is 14.6. The highest BCUT2D eigenvalue weighted by Crippen LogP contribution is 2.51. The minimum absolute atomic E-state index is 0.731. The third kappa shape index (κ3) is 4.63. The zero-order chi connectivity index (χ0) is 36.7. The smallest absolute Gasteiger partial charge is 0.160 e. The third-order valence-electron chi connectivity index (χ3n) is 11.7. The monoisotopic (exact) mass is 708 g/mol. The highest BCUT2D eigenvalue weighted by molar-refractivity contribution is 6.23. The lowest BCUT2D eigenvalue weighted by molar-refractivity contribution is 1.19. The van der Waals surface area contributed by atoms with Gasteiger partial charge in [0.05, 0.1) is 11.4 Å². The SMILES string of the molecule is c1ccc(-c2nc(-c3ccc4c(-c5ccc6ccccc6c5)c5ccccc5c(-c5ccc6ccccc6c5)c4c3)c3c(n2)-c2cccc4cccc-3c24)cc1. The quantitative estimate of drug-likeness (QED) is 0.170. The van der Waals surface area contributed by atoms with Gasteiger partial charge in [0.1, 0.15) is 0 Å². The van der Waals surface area contributed by atoms with Crippen LogP contribution in [0.3, 0.4) is 0 Å². The number of rotatable bonds is 4. The van der Waals surface area contributed by atoms with Gasteiger partial charge in [0.25, 0.3) is 0 Å². The van der Waals surface area contributed by atoms with Gasteiger partial charge < -0.3 is 0 Å². The Morgan fingerprint density at radius 1 is 0.268 bits per heavy atom. The van der Waals surface area contributed by atoms with Gasteiger partial charge in [0.2, 0.25) is 0 Å². The summed E-state index contributed by atoms with van der Waals surface area (Å²) in [5.41, 5.74) is 12.3. The summed E-state index contributed by atoms with van der Waals surface area (Å²) in [7, 11) is 0. The number of nitrogens with zero attached hydrogens (tertiary/aromatic N) is 2. The van der Waals surface area contributed by atoms with Gasteiger partial charge in [-0.3, -0.25) is 0 Å². The van der Waals surface area contributed by atoms with E-state index in [1.165, 1.54) is 81.7 Å². The van der Waals surface area contributed by atoms with Gasteiger partial charge >= 0.3 is 0 Å². The van der Waals surface area contributed by atoms with Gasteiger partial charge in [0, 0.05) is 22.3 Å². The molecule has 0 amide bonds. The van der Waals surface area contributed by atoms with E-state index in [0.29, 0.717) is 0 Å². The second-order valence-corrected chi connectivity index (χ2v) is 14.9. The van der Waals surface area contributed by atoms with Gasteiger partial charge in [0.15, 0.2) is 5.82 Å². The molecule has 0 spiro atoms. The maximum atomic E-state index is 5.47. The minimum Gasteiger partial charge on any atom is -0.227 e. The first kappa shape index (κ1) is 31.0. The molecule has 0 saturated carbocycles. The topological polar surface area (TPSA) is 25.8 Å². The molecule has 2 nitrogen and oxygen atoms in total. The molecule has 0 bridgehead atoms. The fourth-order valence-electron chi connectivity index (χ4n) is 9.22. The van der Waals surface area contributed by atoms with E-state index in [9.17, 15) is 0 Å². The molecule has 12 rings (SSSR count). The van der Waals surface area contributed by atoms with Gasteiger partial charge in [-0.15, -0.1) is 0 Å². The maximum absolute atomic E-state index is 5.47. The van der Waals surface area contributed by atoms with Crippen LogP contribution in [0, 0.1) is 0 Å². The highest BCUT2D eigenvalue weighted by Gasteiger charge is 2.29. The van der Waals surface area contributed by atoms with Crippen molar-refractivity contribution in [3.63, 3.8) is 0 Å². The number of aromatic nitrogens is 2. The molecule has 0 aliphatic heterocycles. The molecule has 1 aromatic heterocycles. The summed E-state index contributed by atoms with van der Waals surface area (Å²) in [6, 6.07) is 70.6. The Balaban J connectivity index is 1.21. The maximum Gasteiger partial charge on any atom is 0.160 e. The molecule has 0 atom stereocenters. The Labute approximate surface area is 324 Å². The summed E-state index contributed by atoms with van der Waals surface area (Å²) in [5.74, 6) is 0.731. The van der Waals surface area contributed by atoms with Crippen LogP contribution in [-0.4, -0.2) is 9.97 Å². The predicted molar refractivity (Wildman–Crippen MR) is 236 cm³/mol. The van der Waals surface area contributed by atoms with E-state index in [2.05, 4.69) is 188 Å². The van der Waals surface area contributed by atoms with Crippen LogP contribution in [0.15, 0.2) is 194 Å². The Hall–Kier alpha value is -7.42. The lowest BCUT2D eigenvalue weighted by atomic mass is 9.84. The van der Waals surface area contributed by atoms with Gasteiger partial charge in [-0.25, -0.2) is 9.97 Å². The van der Waals surface area contributed by atoms with Crippen LogP contribution >= 0.6 is 0 Å². The van der Waals surface area contributed by atoms with Crippen LogP contribution in [0.2, 0.25) is 0 Å². The fourth-order valence-corrected chi connectivity index (χ4v) is 9.22. The molecule has 0 saturated heterocycles. The number of fused-ring (bicyclic) bond motifs is 7. The van der Waals surface area contributed by atoms with E-state index in [4.69, 9.17) is 9.97 Å². The first-order valence-corrected chi connectivity index (χ1v) is 19.2. The zero-order valence-electron chi connectivity index (χ0n) is 30.4. The van der Waals surface area contributed by atoms with Crippen LogP contribution in [0.25, 0.3) is 121 Å². The summed E-state index contributed by atoms with van der Waals surface area (Å²) < 4.78 is 0. The first-order chi connectivity index (χ1) is 27.8. The number of hydrogen-bond donors (Lipinski definition) is 0. The Morgan fingerprint density at radius 2 is 0.786 bits per heavy atom. The van der Waals surface area contributed by atoms with Gasteiger partial charge in [-0.2, -0.15) is 0 Å². The van der Waals surface area contributed by atoms with E-state index in [0.717, 1.165) is 39.5 Å². The van der Waals surface area contributed by atoms with Crippen LogP contribution < -0.4 is 0 Å². The minimum atomic E-state index is 0.731. The second-order valence-electron chi connectivity index (χ2n) is 14.9. The molecule has 10 aromatic carbocycles. The summed E-state index contributed by atoms with van der Waals surface area (Å²) in [6.45, 7) is 0. The molecule has 0 radical (unpaired) electrons. The Bertz CT molecular complexity index is 3410. The lowest BCUT2D eigenvalue weighted by Crippen LogP contribution is -1.98. The molecule has 1 heterocycles. The largest absolute Gasteiger partial charge is 0.227 e. The van der Waals surface area contributed by atoms with Crippen molar-refractivity contribution in [2.24, 2.45) is 0 Å². The summed E-state index contributed by atoms with van der Waals surface area (Å²) >= 11 is 0. The van der Waals surface area contributed by atoms with Crippen molar-refractivity contribution < 1.29 is 0 Å². The fraction of sp³-hybridized carbons (Fsp3) is 0. The van der Waals surface area contributed by atoms with Crippen molar-refractivity contribution in [3.05, 3.63) is 194 Å². The molecule has 2 heteroatoms. The Kier molecular flexibility index (Phi) is 6.66. The first-order valence-electron chi connectivity index (χ1n) is 19.2. The van der Waals surface area contributed by atoms with Crippen molar-refractivity contribution in [1.29, 1.82) is 0 Å². The molecule has 1 aliphatic carbocycles. The highest BCUT2D eigenvalue weighted by atomic mass is 14.9. The lowest BCUT2D eigenvalue weighted by Gasteiger charge is -2.20. The summed E-state index contributed by atoms with van der Waals surface area (Å²) in [5, 5.41) is 12.3. The van der Waals surface area contributed by atoms with E-state index in [1.807, 2.05) is 6.07 Å². The van der Waals surface area contributed by atoms with Crippen LogP contribution in [0.4, 0.5) is 0 Å². The van der Waals surface area contributed by atoms with Crippen molar-refractivity contribution in [1.82, 2.24) is 9.97 Å². The van der Waals surface area contributed by atoms with Gasteiger partial charge in [-0.1, -0.05) is 176 Å². The van der Waals surface area contributed by atoms with Crippen LogP contribution in [0.1, 0.15) is 0 Å². The zero-order valence-corrected chi connectivity index (χ0v) is 30.4. The molecular weight excluding hydrogens is 677 g/mol. The molecule has 0 unspecified atom stereocenters. The summed E-state index contributed by atoms with van der Waals surface area (Å²) in [4.78, 5) is 10.8. The van der Waals surface area contributed by atoms with E-state index >= 15 is 0 Å². The number of benzene rings is 10. The Morgan fingerprint density at radius 3 is 1.46 bits per heavy atom. The average molecular weight is 709 g/mol. The number of hydrogen-bond acceptors (Lipinski definition) is 2. The normalized spacial score (nSPS) is 11.9. The van der Waals surface area contributed by atoms with Gasteiger partial charge in [-0.05, 0) is 99.9 Å². The van der Waals surface area contributed by atoms with E-state index < -0.39 is 0 Å². The van der Waals surface area contributed by atoms with Crippen molar-refractivity contribution in [2.45, 2.75) is 0 Å². The molecule has 11 aromatic rings. The van der Waals surface area contributed by atoms with Crippen molar-refractivity contribution in [2.75, 3.05) is 0 Å². The van der Waals surface area contributed by atoms with Crippen molar-refractivity contribution in [3.8, 4) is 67.3 Å². The standard InChI is InChI=1S/C54H32N2/c1-2-14-36(15-3-1)54-55-52(51-45-22-10-18-35-19-11-23-46(48(35)45)53(51)56-54)41-28-29-44-47(32-41)50(40-27-25-34-13-5-7-17-38(34)31-40)43-21-9-8-20-42(43)49(44)39-26-24-33-12-4-6-16-37(33)30-39/h1-32H. The third-order valence-corrected chi connectivity index (χ3v) is 11.7. The van der Waals surface area contributed by atoms with Crippen molar-refractivity contribution >= 4 is 53.9 Å². The summed E-state index contributed by atoms with van der Waals surface area (Å²) in [6.07, 6.45) is 0.